The van der Waals surface area contributed by atoms with Gasteiger partial charge in [-0.1, -0.05) is 26.2 Å². The van der Waals surface area contributed by atoms with Crippen molar-refractivity contribution in [2.75, 3.05) is 0 Å². The summed E-state index contributed by atoms with van der Waals surface area (Å²) in [5, 5.41) is 4.52. The number of hydrogen-bond acceptors (Lipinski definition) is 4. The second-order valence-electron chi connectivity index (χ2n) is 7.71. The van der Waals surface area contributed by atoms with Gasteiger partial charge >= 0.3 is 0 Å². The average Bonchev–Trinajstić information content (AvgIpc) is 2.93. The third-order valence-corrected chi connectivity index (χ3v) is 6.83. The Labute approximate surface area is 147 Å². The first kappa shape index (κ1) is 16.3. The topological polar surface area (TPSA) is 57.8 Å². The molecular formula is C19H27N3OS. The summed E-state index contributed by atoms with van der Waals surface area (Å²) in [6, 6.07) is 0.662. The van der Waals surface area contributed by atoms with Crippen LogP contribution in [0.3, 0.4) is 0 Å². The highest BCUT2D eigenvalue weighted by Gasteiger charge is 2.24. The lowest BCUT2D eigenvalue weighted by molar-refractivity contribution is 0.342. The zero-order valence-electron chi connectivity index (χ0n) is 14.7. The second-order valence-corrected chi connectivity index (χ2v) is 8.79. The van der Waals surface area contributed by atoms with Crippen LogP contribution in [0.25, 0.3) is 10.2 Å². The van der Waals surface area contributed by atoms with Gasteiger partial charge in [0.25, 0.3) is 5.56 Å². The van der Waals surface area contributed by atoms with Crippen molar-refractivity contribution in [3.05, 3.63) is 26.6 Å². The van der Waals surface area contributed by atoms with Gasteiger partial charge in [0.1, 0.15) is 10.7 Å². The lowest BCUT2D eigenvalue weighted by Gasteiger charge is -2.26. The Kier molecular flexibility index (Phi) is 4.48. The van der Waals surface area contributed by atoms with E-state index >= 15 is 0 Å². The summed E-state index contributed by atoms with van der Waals surface area (Å²) in [5.41, 5.74) is 1.32. The molecule has 2 aliphatic carbocycles. The number of fused-ring (bicyclic) bond motifs is 3. The fourth-order valence-corrected chi connectivity index (χ4v) is 5.66. The fraction of sp³-hybridized carbons (Fsp3) is 0.684. The predicted molar refractivity (Wildman–Crippen MR) is 99.9 cm³/mol. The smallest absolute Gasteiger partial charge is 0.259 e. The van der Waals surface area contributed by atoms with Crippen molar-refractivity contribution < 1.29 is 0 Å². The van der Waals surface area contributed by atoms with Crippen molar-refractivity contribution in [2.24, 2.45) is 5.92 Å². The summed E-state index contributed by atoms with van der Waals surface area (Å²) in [5.74, 6) is 1.51. The van der Waals surface area contributed by atoms with Gasteiger partial charge in [-0.2, -0.15) is 0 Å². The number of thiophene rings is 1. The van der Waals surface area contributed by atoms with E-state index in [-0.39, 0.29) is 11.6 Å². The Hall–Kier alpha value is -1.20. The molecule has 0 saturated heterocycles. The van der Waals surface area contributed by atoms with Gasteiger partial charge < -0.3 is 10.3 Å². The van der Waals surface area contributed by atoms with Crippen LogP contribution in [0.1, 0.15) is 74.7 Å². The predicted octanol–water partition coefficient (Wildman–Crippen LogP) is 4.09. The first-order chi connectivity index (χ1) is 11.6. The molecule has 0 unspecified atom stereocenters. The monoisotopic (exact) mass is 345 g/mol. The molecule has 2 atom stereocenters. The SMILES string of the molecule is C[C@@H]1CCc2c(sc3nc([C@@H](C)NC4CCCCC4)[nH]c(=O)c23)C1. The molecule has 0 radical (unpaired) electrons. The quantitative estimate of drug-likeness (QED) is 0.881. The van der Waals surface area contributed by atoms with E-state index in [1.54, 1.807) is 11.3 Å². The van der Waals surface area contributed by atoms with Crippen LogP contribution in [0.2, 0.25) is 0 Å². The van der Waals surface area contributed by atoms with Crippen LogP contribution < -0.4 is 10.9 Å². The van der Waals surface area contributed by atoms with Gasteiger partial charge in [0.2, 0.25) is 0 Å². The molecule has 130 valence electrons. The minimum atomic E-state index is 0.0550. The molecule has 2 heterocycles. The molecule has 1 fully saturated rings. The van der Waals surface area contributed by atoms with Crippen LogP contribution in [-0.4, -0.2) is 16.0 Å². The Morgan fingerprint density at radius 3 is 2.83 bits per heavy atom. The van der Waals surface area contributed by atoms with Crippen LogP contribution in [0.15, 0.2) is 4.79 Å². The molecule has 0 bridgehead atoms. The van der Waals surface area contributed by atoms with E-state index in [1.165, 1.54) is 49.0 Å². The van der Waals surface area contributed by atoms with Gasteiger partial charge in [0, 0.05) is 10.9 Å². The number of nitrogens with one attached hydrogen (secondary N) is 2. The Bertz CT molecular complexity index is 788. The molecule has 2 aromatic rings. The summed E-state index contributed by atoms with van der Waals surface area (Å²) in [4.78, 5) is 22.9. The van der Waals surface area contributed by atoms with E-state index in [0.717, 1.165) is 34.8 Å². The van der Waals surface area contributed by atoms with Crippen molar-refractivity contribution in [1.82, 2.24) is 15.3 Å². The first-order valence-electron chi connectivity index (χ1n) is 9.42. The lowest BCUT2D eigenvalue weighted by Crippen LogP contribution is -2.34. The van der Waals surface area contributed by atoms with Gasteiger partial charge in [-0.25, -0.2) is 4.98 Å². The standard InChI is InChI=1S/C19H27N3OS/c1-11-8-9-14-15(10-11)24-19-16(14)18(23)21-17(22-19)12(2)20-13-6-4-3-5-7-13/h11-13,20H,3-10H2,1-2H3,(H,21,22,23)/t11-,12-/m1/s1. The van der Waals surface area contributed by atoms with Crippen LogP contribution in [0.4, 0.5) is 0 Å². The molecule has 2 N–H and O–H groups in total. The number of H-pyrrole nitrogens is 1. The van der Waals surface area contributed by atoms with E-state index < -0.39 is 0 Å². The van der Waals surface area contributed by atoms with Crippen LogP contribution >= 0.6 is 11.3 Å². The van der Waals surface area contributed by atoms with Gasteiger partial charge in [-0.05, 0) is 50.5 Å². The molecule has 2 aliphatic rings. The fourth-order valence-electron chi connectivity index (χ4n) is 4.27. The number of nitrogens with zero attached hydrogens (tertiary/aromatic N) is 1. The molecule has 1 saturated carbocycles. The third kappa shape index (κ3) is 3.04. The largest absolute Gasteiger partial charge is 0.309 e. The molecule has 4 nitrogen and oxygen atoms in total. The van der Waals surface area contributed by atoms with E-state index in [4.69, 9.17) is 4.98 Å². The maximum absolute atomic E-state index is 12.7. The number of aromatic amines is 1. The summed E-state index contributed by atoms with van der Waals surface area (Å²) in [6.45, 7) is 4.42. The highest BCUT2D eigenvalue weighted by Crippen LogP contribution is 2.35. The molecule has 2 aromatic heterocycles. The second kappa shape index (κ2) is 6.60. The van der Waals surface area contributed by atoms with Crippen molar-refractivity contribution in [3.8, 4) is 0 Å². The van der Waals surface area contributed by atoms with E-state index in [0.29, 0.717) is 6.04 Å². The lowest BCUT2D eigenvalue weighted by atomic mass is 9.89. The highest BCUT2D eigenvalue weighted by atomic mass is 32.1. The summed E-state index contributed by atoms with van der Waals surface area (Å²) in [6.07, 6.45) is 9.75. The Morgan fingerprint density at radius 2 is 2.04 bits per heavy atom. The maximum Gasteiger partial charge on any atom is 0.259 e. The summed E-state index contributed by atoms with van der Waals surface area (Å²) < 4.78 is 0. The van der Waals surface area contributed by atoms with Gasteiger partial charge in [-0.15, -0.1) is 11.3 Å². The van der Waals surface area contributed by atoms with E-state index in [9.17, 15) is 4.79 Å². The zero-order valence-corrected chi connectivity index (χ0v) is 15.5. The van der Waals surface area contributed by atoms with Crippen molar-refractivity contribution in [1.29, 1.82) is 0 Å². The van der Waals surface area contributed by atoms with E-state index in [1.807, 2.05) is 0 Å². The molecule has 0 aromatic carbocycles. The molecule has 0 spiro atoms. The minimum Gasteiger partial charge on any atom is -0.309 e. The van der Waals surface area contributed by atoms with Crippen molar-refractivity contribution >= 4 is 21.6 Å². The molecule has 0 amide bonds. The molecule has 24 heavy (non-hydrogen) atoms. The van der Waals surface area contributed by atoms with Crippen LogP contribution in [0.5, 0.6) is 0 Å². The molecule has 4 rings (SSSR count). The Balaban J connectivity index is 1.64. The molecule has 0 aliphatic heterocycles. The normalized spacial score (nSPS) is 23.3. The van der Waals surface area contributed by atoms with Crippen LogP contribution in [-0.2, 0) is 12.8 Å². The van der Waals surface area contributed by atoms with E-state index in [2.05, 4.69) is 24.1 Å². The third-order valence-electron chi connectivity index (χ3n) is 5.68. The number of aryl methyl sites for hydroxylation is 1. The summed E-state index contributed by atoms with van der Waals surface area (Å²) >= 11 is 1.74. The molecular weight excluding hydrogens is 318 g/mol. The van der Waals surface area contributed by atoms with Crippen LogP contribution in [0, 0.1) is 5.92 Å². The average molecular weight is 346 g/mol. The van der Waals surface area contributed by atoms with Crippen molar-refractivity contribution in [2.45, 2.75) is 77.3 Å². The number of rotatable bonds is 3. The highest BCUT2D eigenvalue weighted by molar-refractivity contribution is 7.18. The number of aromatic nitrogens is 2. The molecule has 5 heteroatoms. The van der Waals surface area contributed by atoms with Crippen molar-refractivity contribution in [3.63, 3.8) is 0 Å². The van der Waals surface area contributed by atoms with Gasteiger partial charge in [0.05, 0.1) is 11.4 Å². The summed E-state index contributed by atoms with van der Waals surface area (Å²) in [7, 11) is 0. The Morgan fingerprint density at radius 1 is 1.25 bits per heavy atom. The number of hydrogen-bond donors (Lipinski definition) is 2. The zero-order chi connectivity index (χ0) is 16.7. The first-order valence-corrected chi connectivity index (χ1v) is 10.2. The van der Waals surface area contributed by atoms with Gasteiger partial charge in [0.15, 0.2) is 0 Å². The van der Waals surface area contributed by atoms with Gasteiger partial charge in [-0.3, -0.25) is 4.79 Å². The minimum absolute atomic E-state index is 0.0550. The maximum atomic E-state index is 12.7.